The van der Waals surface area contributed by atoms with Crippen molar-refractivity contribution in [2.24, 2.45) is 17.2 Å². The molecular weight excluding hydrogens is 1010 g/mol. The molecule has 2 rings (SSSR count). The molecule has 17 unspecified atom stereocenters. The third-order valence-electron chi connectivity index (χ3n) is 11.7. The molecule has 0 aromatic rings. The lowest BCUT2D eigenvalue weighted by Crippen LogP contribution is -2.70. The van der Waals surface area contributed by atoms with Crippen LogP contribution in [0.4, 0.5) is 0 Å². The van der Waals surface area contributed by atoms with Crippen LogP contribution in [0.25, 0.3) is 0 Å². The average Bonchev–Trinajstić information content (AvgIpc) is 3.32. The number of carboxylic acid groups (broad SMARTS) is 1. The van der Waals surface area contributed by atoms with Gasteiger partial charge in [-0.15, -0.1) is 0 Å². The molecule has 0 aromatic heterocycles. The predicted molar refractivity (Wildman–Crippen MR) is 252 cm³/mol. The number of aliphatic hydroxyl groups is 5. The minimum absolute atomic E-state index is 0.0368. The van der Waals surface area contributed by atoms with E-state index in [-0.39, 0.29) is 25.8 Å². The lowest BCUT2D eigenvalue weighted by atomic mass is 9.94. The van der Waals surface area contributed by atoms with Gasteiger partial charge >= 0.3 is 5.97 Å². The molecule has 20 N–H and O–H groups in total. The molecule has 0 aromatic carbocycles. The summed E-state index contributed by atoms with van der Waals surface area (Å²) in [4.78, 5) is 137. The molecule has 0 saturated carbocycles. The monoisotopic (exact) mass is 1080 g/mol. The Bertz CT molecular complexity index is 2020. The molecule has 10 amide bonds. The number of nitrogens with one attached hydrogen (secondary N) is 8. The molecule has 0 bridgehead atoms. The van der Waals surface area contributed by atoms with Crippen LogP contribution in [0, 0.1) is 0 Å². The molecule has 2 aliphatic heterocycles. The van der Waals surface area contributed by atoms with E-state index in [9.17, 15) is 78.3 Å². The first-order valence-corrected chi connectivity index (χ1v) is 23.8. The van der Waals surface area contributed by atoms with Crippen LogP contribution >= 0.6 is 0 Å². The Morgan fingerprint density at radius 1 is 0.627 bits per heavy atom. The minimum Gasteiger partial charge on any atom is -0.480 e. The van der Waals surface area contributed by atoms with Gasteiger partial charge in [0.15, 0.2) is 12.6 Å². The van der Waals surface area contributed by atoms with Crippen LogP contribution in [-0.4, -0.2) is 219 Å². The Kier molecular flexibility index (Phi) is 26.8. The zero-order valence-corrected chi connectivity index (χ0v) is 42.2. The fourth-order valence-electron chi connectivity index (χ4n) is 7.52. The van der Waals surface area contributed by atoms with E-state index in [2.05, 4.69) is 42.5 Å². The normalized spacial score (nSPS) is 26.2. The van der Waals surface area contributed by atoms with Crippen LogP contribution in [0.15, 0.2) is 0 Å². The highest BCUT2D eigenvalue weighted by atomic mass is 16.7. The Balaban J connectivity index is 2.21. The maximum absolute atomic E-state index is 13.6. The molecule has 0 radical (unpaired) electrons. The number of hydrogen-bond donors (Lipinski definition) is 17. The second kappa shape index (κ2) is 31.0. The van der Waals surface area contributed by atoms with Gasteiger partial charge in [0.05, 0.1) is 25.7 Å². The summed E-state index contributed by atoms with van der Waals surface area (Å²) in [6.45, 7) is 5.30. The summed E-state index contributed by atoms with van der Waals surface area (Å²) in [5, 5.41) is 80.5. The predicted octanol–water partition coefficient (Wildman–Crippen LogP) is -9.37. The Morgan fingerprint density at radius 3 is 1.73 bits per heavy atom. The van der Waals surface area contributed by atoms with Crippen molar-refractivity contribution >= 4 is 65.0 Å². The number of unbranched alkanes of at least 4 members (excludes halogenated alkanes) is 1. The fourth-order valence-corrected chi connectivity index (χ4v) is 7.52. The van der Waals surface area contributed by atoms with Gasteiger partial charge in [-0.1, -0.05) is 0 Å². The van der Waals surface area contributed by atoms with E-state index in [1.165, 1.54) is 27.7 Å². The lowest BCUT2D eigenvalue weighted by Gasteiger charge is -2.48. The highest BCUT2D eigenvalue weighted by molar-refractivity contribution is 5.94. The van der Waals surface area contributed by atoms with Crippen molar-refractivity contribution in [2.75, 3.05) is 19.8 Å². The van der Waals surface area contributed by atoms with Gasteiger partial charge in [0.2, 0.25) is 59.1 Å². The van der Waals surface area contributed by atoms with Crippen LogP contribution in [0.1, 0.15) is 80.1 Å². The smallest absolute Gasteiger partial charge is 0.325 e. The van der Waals surface area contributed by atoms with Gasteiger partial charge < -0.3 is 109 Å². The molecule has 0 spiro atoms. The number of aliphatic hydroxyl groups excluding tert-OH is 5. The number of rotatable bonds is 30. The van der Waals surface area contributed by atoms with Gasteiger partial charge in [0.1, 0.15) is 85.0 Å². The summed E-state index contributed by atoms with van der Waals surface area (Å²) in [5.41, 5.74) is 16.2. The summed E-state index contributed by atoms with van der Waals surface area (Å²) in [7, 11) is 0. The van der Waals surface area contributed by atoms with Gasteiger partial charge in [-0.25, -0.2) is 0 Å². The van der Waals surface area contributed by atoms with Crippen LogP contribution in [0.2, 0.25) is 0 Å². The van der Waals surface area contributed by atoms with Crippen molar-refractivity contribution < 1.29 is 102 Å². The van der Waals surface area contributed by atoms with E-state index in [1.807, 2.05) is 0 Å². The lowest BCUT2D eigenvalue weighted by molar-refractivity contribution is -0.333. The minimum atomic E-state index is -1.91. The molecule has 2 saturated heterocycles. The molecule has 75 heavy (non-hydrogen) atoms. The largest absolute Gasteiger partial charge is 0.480 e. The van der Waals surface area contributed by atoms with Crippen molar-refractivity contribution in [3.05, 3.63) is 0 Å². The number of aliphatic carboxylic acids is 1. The molecule has 2 heterocycles. The zero-order valence-electron chi connectivity index (χ0n) is 42.2. The van der Waals surface area contributed by atoms with Crippen molar-refractivity contribution in [1.29, 1.82) is 0 Å². The number of amides is 10. The van der Waals surface area contributed by atoms with E-state index in [1.54, 1.807) is 0 Å². The van der Waals surface area contributed by atoms with Crippen molar-refractivity contribution in [3.63, 3.8) is 0 Å². The summed E-state index contributed by atoms with van der Waals surface area (Å²) in [6.07, 6.45) is -16.1. The molecule has 2 aliphatic rings. The second-order valence-corrected chi connectivity index (χ2v) is 18.0. The maximum Gasteiger partial charge on any atom is 0.325 e. The van der Waals surface area contributed by atoms with Gasteiger partial charge in [-0.3, -0.25) is 52.7 Å². The van der Waals surface area contributed by atoms with Crippen LogP contribution in [0.5, 0.6) is 0 Å². The van der Waals surface area contributed by atoms with Crippen molar-refractivity contribution in [2.45, 2.75) is 184 Å². The number of hydrogen-bond acceptors (Lipinski definition) is 21. The number of carbonyl (C=O) groups is 11. The third kappa shape index (κ3) is 20.8. The van der Waals surface area contributed by atoms with Crippen LogP contribution in [0.3, 0.4) is 0 Å². The third-order valence-corrected chi connectivity index (χ3v) is 11.7. The first-order valence-electron chi connectivity index (χ1n) is 23.8. The van der Waals surface area contributed by atoms with Crippen molar-refractivity contribution in [1.82, 2.24) is 42.5 Å². The maximum atomic E-state index is 13.6. The van der Waals surface area contributed by atoms with Crippen LogP contribution in [-0.2, 0) is 71.7 Å². The first kappa shape index (κ1) is 64.9. The quantitative estimate of drug-likeness (QED) is 0.0297. The highest BCUT2D eigenvalue weighted by Crippen LogP contribution is 2.31. The number of carboxylic acids is 1. The second-order valence-electron chi connectivity index (χ2n) is 18.0. The molecule has 2 fully saturated rings. The average molecular weight is 1080 g/mol. The van der Waals surface area contributed by atoms with Gasteiger partial charge in [-0.05, 0) is 53.4 Å². The topological polar surface area (TPSA) is 520 Å². The summed E-state index contributed by atoms with van der Waals surface area (Å²) >= 11 is 0. The van der Waals surface area contributed by atoms with Crippen LogP contribution < -0.4 is 59.7 Å². The molecule has 32 nitrogen and oxygen atoms in total. The number of nitrogens with two attached hydrogens (primary N) is 3. The fraction of sp³-hybridized carbons (Fsp3) is 0.744. The molecule has 17 atom stereocenters. The summed E-state index contributed by atoms with van der Waals surface area (Å²) in [6, 6.07) is -11.2. The standard InChI is InChI=1S/C43H73N11O21/c1-16(36(64)50-18(3)41(69)70)49-40(68)24(9-7-8-12-47-39(67)22(44)13-27(45)59)53-28(60)11-10-23(35(46)63)54-37(65)17(2)48-38(66)19(4)72-34-30(52-21(6)58)42(71)73-26(15-56)33(34)75-43-29(51-20(5)57)32(62)31(61)25(14-55)74-43/h16-19,22-26,29-34,42-43,55-56,61-62,71H,7-15,44H2,1-6H3,(H2,45,59)(H2,46,63)(H,47,67)(H,48,66)(H,49,68)(H,50,64)(H,51,57)(H,52,58)(H,53,60)(H,54,65)(H,69,70). The Hall–Kier alpha value is -6.23. The molecule has 32 heteroatoms. The number of ether oxygens (including phenoxy) is 4. The van der Waals surface area contributed by atoms with Gasteiger partial charge in [0.25, 0.3) is 0 Å². The van der Waals surface area contributed by atoms with Gasteiger partial charge in [-0.2, -0.15) is 0 Å². The Morgan fingerprint density at radius 2 is 1.19 bits per heavy atom. The van der Waals surface area contributed by atoms with Crippen molar-refractivity contribution in [3.8, 4) is 0 Å². The van der Waals surface area contributed by atoms with E-state index < -0.39 is 201 Å². The first-order chi connectivity index (χ1) is 35.0. The summed E-state index contributed by atoms with van der Waals surface area (Å²) in [5.74, 6) is -9.95. The number of carbonyl (C=O) groups excluding carboxylic acids is 10. The zero-order chi connectivity index (χ0) is 57.0. The SMILES string of the molecule is CC(=O)NC1C(OC2C(CO)OC(O)C(NC(C)=O)C2OC(C)C(=O)NC(C)C(=O)NC(CCC(=O)NC(CCCCNC(=O)C(N)CC(N)=O)C(=O)NC(C)C(=O)NC(C)C(=O)O)C(N)=O)OC(CO)C(O)C1O. The van der Waals surface area contributed by atoms with E-state index >= 15 is 0 Å². The van der Waals surface area contributed by atoms with E-state index in [4.69, 9.17) is 41.3 Å². The summed E-state index contributed by atoms with van der Waals surface area (Å²) < 4.78 is 23.2. The Labute approximate surface area is 429 Å². The van der Waals surface area contributed by atoms with E-state index in [0.717, 1.165) is 13.8 Å². The highest BCUT2D eigenvalue weighted by Gasteiger charge is 2.53. The molecular formula is C43H73N11O21. The van der Waals surface area contributed by atoms with E-state index in [0.29, 0.717) is 0 Å². The molecule has 426 valence electrons. The number of primary amides is 2. The van der Waals surface area contributed by atoms with Gasteiger partial charge in [0, 0.05) is 26.8 Å². The molecule has 0 aliphatic carbocycles.